The van der Waals surface area contributed by atoms with Crippen LogP contribution in [0, 0.1) is 0 Å². The number of benzene rings is 2. The van der Waals surface area contributed by atoms with Crippen molar-refractivity contribution < 1.29 is 0 Å². The molecule has 0 unspecified atom stereocenters. The first kappa shape index (κ1) is 34.2. The minimum absolute atomic E-state index is 0.268. The zero-order valence-corrected chi connectivity index (χ0v) is 30.1. The molecule has 0 aliphatic heterocycles. The molecule has 40 heavy (non-hydrogen) atoms. The van der Waals surface area contributed by atoms with E-state index in [9.17, 15) is 0 Å². The molecule has 5 nitrogen and oxygen atoms in total. The molecule has 0 atom stereocenters. The standard InChI is InChI=1S/C15H21BrN2Si.C15H22N2Si.BHNS/c1-15(2,3)19(4,5)14-17-11-13(16)18(14)12-9-7-6-8-10-12;1-15(2,3)18(4,5)14-16-11-12-17(14)13-9-7-6-8-10-13;1-2-3/h6-11H,1-5H3;6-12H,1-5H3;3H. The Morgan fingerprint density at radius 1 is 0.750 bits per heavy atom. The average molecular weight is 654 g/mol. The number of nitrogens with zero attached hydrogens (tertiary/aromatic N) is 5. The van der Waals surface area contributed by atoms with Crippen molar-refractivity contribution in [1.29, 1.82) is 0 Å². The summed E-state index contributed by atoms with van der Waals surface area (Å²) >= 11 is 6.83. The van der Waals surface area contributed by atoms with E-state index in [1.165, 1.54) is 22.3 Å². The average Bonchev–Trinajstić information content (AvgIpc) is 3.52. The monoisotopic (exact) mass is 652 g/mol. The first-order valence-corrected chi connectivity index (χ1v) is 20.6. The van der Waals surface area contributed by atoms with E-state index in [2.05, 4.69) is 177 Å². The van der Waals surface area contributed by atoms with Crippen molar-refractivity contribution in [3.05, 3.63) is 83.9 Å². The number of halogens is 1. The fraction of sp³-hybridized carbons (Fsp3) is 0.400. The summed E-state index contributed by atoms with van der Waals surface area (Å²) in [5.41, 5.74) is 4.85. The fourth-order valence-corrected chi connectivity index (χ4v) is 8.21. The molecule has 2 heterocycles. The number of aromatic nitrogens is 4. The van der Waals surface area contributed by atoms with E-state index in [-0.39, 0.29) is 5.04 Å². The maximum atomic E-state index is 4.71. The predicted molar refractivity (Wildman–Crippen MR) is 186 cm³/mol. The van der Waals surface area contributed by atoms with Gasteiger partial charge in [0.2, 0.25) is 0 Å². The predicted octanol–water partition coefficient (Wildman–Crippen LogP) is 8.12. The second-order valence-electron chi connectivity index (χ2n) is 12.9. The van der Waals surface area contributed by atoms with Crippen molar-refractivity contribution in [3.8, 4) is 11.4 Å². The molecule has 0 N–H and O–H groups in total. The van der Waals surface area contributed by atoms with Crippen LogP contribution in [0.2, 0.25) is 36.3 Å². The van der Waals surface area contributed by atoms with Crippen molar-refractivity contribution in [1.82, 2.24) is 19.1 Å². The Morgan fingerprint density at radius 3 is 1.62 bits per heavy atom. The fourth-order valence-electron chi connectivity index (χ4n) is 3.83. The van der Waals surface area contributed by atoms with E-state index in [4.69, 9.17) is 4.98 Å². The summed E-state index contributed by atoms with van der Waals surface area (Å²) in [7, 11) is 1.07. The van der Waals surface area contributed by atoms with Crippen LogP contribution in [0.1, 0.15) is 41.5 Å². The molecule has 0 spiro atoms. The van der Waals surface area contributed by atoms with Crippen LogP contribution in [-0.2, 0) is 0 Å². The van der Waals surface area contributed by atoms with Gasteiger partial charge in [0.15, 0.2) is 0 Å². The topological polar surface area (TPSA) is 48.0 Å². The van der Waals surface area contributed by atoms with E-state index < -0.39 is 16.1 Å². The normalized spacial score (nSPS) is 12.1. The van der Waals surface area contributed by atoms with Crippen LogP contribution in [0.5, 0.6) is 0 Å². The van der Waals surface area contributed by atoms with E-state index in [0.717, 1.165) is 4.60 Å². The van der Waals surface area contributed by atoms with Gasteiger partial charge in [0.25, 0.3) is 0 Å². The summed E-state index contributed by atoms with van der Waals surface area (Å²) in [4.78, 5) is 9.36. The SMILES string of the molecule is CC(C)(C)[Si](C)(C)c1ncc(Br)n1-c1ccccc1.CC(C)(C)[Si](C)(C)c1nccn1-c1ccccc1.[B]=NS. The molecule has 1 radical (unpaired) electrons. The third kappa shape index (κ3) is 7.83. The summed E-state index contributed by atoms with van der Waals surface area (Å²) in [6.07, 6.45) is 5.91. The van der Waals surface area contributed by atoms with Crippen molar-refractivity contribution in [2.45, 2.75) is 77.8 Å². The van der Waals surface area contributed by atoms with Crippen LogP contribution in [0.15, 0.2) is 88.2 Å². The Hall–Kier alpha value is -2.01. The number of para-hydroxylation sites is 2. The van der Waals surface area contributed by atoms with Crippen LogP contribution < -0.4 is 10.9 Å². The van der Waals surface area contributed by atoms with Crippen LogP contribution in [0.25, 0.3) is 11.4 Å². The summed E-state index contributed by atoms with van der Waals surface area (Å²) in [6, 6.07) is 20.9. The van der Waals surface area contributed by atoms with Crippen LogP contribution in [0.3, 0.4) is 0 Å². The van der Waals surface area contributed by atoms with Gasteiger partial charge in [0, 0.05) is 23.8 Å². The molecule has 0 aliphatic carbocycles. The van der Waals surface area contributed by atoms with Crippen molar-refractivity contribution in [3.63, 3.8) is 0 Å². The van der Waals surface area contributed by atoms with Gasteiger partial charge >= 0.3 is 24.8 Å². The molecule has 0 bridgehead atoms. The molecule has 2 aromatic carbocycles. The van der Waals surface area contributed by atoms with E-state index in [0.29, 0.717) is 5.04 Å². The Labute approximate surface area is 258 Å². The van der Waals surface area contributed by atoms with Gasteiger partial charge in [-0.15, -0.1) is 0 Å². The van der Waals surface area contributed by atoms with Gasteiger partial charge in [0.1, 0.15) is 20.8 Å². The first-order chi connectivity index (χ1) is 18.5. The summed E-state index contributed by atoms with van der Waals surface area (Å²) in [5.74, 6) is 0. The molecule has 4 rings (SSSR count). The molecule has 2 aromatic heterocycles. The van der Waals surface area contributed by atoms with E-state index in [1.54, 1.807) is 0 Å². The third-order valence-electron chi connectivity index (χ3n) is 8.28. The maximum absolute atomic E-state index is 4.71. The van der Waals surface area contributed by atoms with Crippen molar-refractivity contribution >= 4 is 63.4 Å². The Bertz CT molecular complexity index is 1360. The molecule has 10 heteroatoms. The van der Waals surface area contributed by atoms with Crippen molar-refractivity contribution in [2.24, 2.45) is 4.30 Å². The van der Waals surface area contributed by atoms with E-state index in [1.807, 2.05) is 24.5 Å². The molecule has 4 aromatic rings. The Kier molecular flexibility index (Phi) is 11.8. The van der Waals surface area contributed by atoms with Crippen LogP contribution in [-0.4, -0.2) is 42.9 Å². The molecule has 0 aliphatic rings. The van der Waals surface area contributed by atoms with Gasteiger partial charge in [-0.1, -0.05) is 104 Å². The minimum atomic E-state index is -1.67. The summed E-state index contributed by atoms with van der Waals surface area (Å²) < 4.78 is 8.22. The van der Waals surface area contributed by atoms with Crippen LogP contribution in [0.4, 0.5) is 0 Å². The Morgan fingerprint density at radius 2 is 1.18 bits per heavy atom. The van der Waals surface area contributed by atoms with Gasteiger partial charge in [-0.25, -0.2) is 9.97 Å². The summed E-state index contributed by atoms with van der Waals surface area (Å²) in [6.45, 7) is 23.5. The molecule has 213 valence electrons. The van der Waals surface area contributed by atoms with Gasteiger partial charge in [-0.3, -0.25) is 4.57 Å². The first-order valence-electron chi connectivity index (χ1n) is 13.4. The number of thiol groups is 1. The number of hydrogen-bond acceptors (Lipinski definition) is 4. The van der Waals surface area contributed by atoms with E-state index >= 15 is 0 Å². The second kappa shape index (κ2) is 13.8. The third-order valence-corrected chi connectivity index (χ3v) is 19.3. The molecule has 0 saturated carbocycles. The molecular formula is C30H44BBrN5SSi2. The molecule has 0 fully saturated rings. The number of rotatable bonds is 4. The van der Waals surface area contributed by atoms with Gasteiger partial charge < -0.3 is 4.57 Å². The van der Waals surface area contributed by atoms with Gasteiger partial charge in [0.05, 0.1) is 17.1 Å². The van der Waals surface area contributed by atoms with Crippen LogP contribution >= 0.6 is 28.7 Å². The Balaban J connectivity index is 0.000000256. The van der Waals surface area contributed by atoms with Crippen molar-refractivity contribution in [2.75, 3.05) is 0 Å². The van der Waals surface area contributed by atoms with Gasteiger partial charge in [-0.05, 0) is 50.3 Å². The second-order valence-corrected chi connectivity index (χ2v) is 24.3. The zero-order valence-electron chi connectivity index (χ0n) is 25.6. The molecular weight excluding hydrogens is 609 g/mol. The molecule has 0 saturated heterocycles. The molecule has 0 amide bonds. The quantitative estimate of drug-likeness (QED) is 0.179. The van der Waals surface area contributed by atoms with Gasteiger partial charge in [-0.2, -0.15) is 0 Å². The number of hydrogen-bond donors (Lipinski definition) is 1. The zero-order chi connectivity index (χ0) is 30.4. The summed E-state index contributed by atoms with van der Waals surface area (Å²) in [5, 5.41) is 0.565. The number of imidazole rings is 2.